The third-order valence-corrected chi connectivity index (χ3v) is 1.39. The van der Waals surface area contributed by atoms with Crippen molar-refractivity contribution in [3.8, 4) is 0 Å². The minimum atomic E-state index is -0.351. The van der Waals surface area contributed by atoms with E-state index in [9.17, 15) is 4.79 Å². The fourth-order valence-electron chi connectivity index (χ4n) is 0.844. The first-order valence-electron chi connectivity index (χ1n) is 4.09. The molecule has 0 aliphatic heterocycles. The molecule has 1 aromatic rings. The highest BCUT2D eigenvalue weighted by molar-refractivity contribution is 5.84. The Bertz CT molecular complexity index is 315. The number of rotatable bonds is 3. The molecular weight excluding hydrogens is 168 g/mol. The van der Waals surface area contributed by atoms with Crippen molar-refractivity contribution in [3.05, 3.63) is 24.0 Å². The Balaban J connectivity index is 2.53. The van der Waals surface area contributed by atoms with Crippen LogP contribution in [0.5, 0.6) is 0 Å². The summed E-state index contributed by atoms with van der Waals surface area (Å²) in [6, 6.07) is 1.86. The van der Waals surface area contributed by atoms with E-state index in [1.165, 1.54) is 6.08 Å². The minimum absolute atomic E-state index is 0.351. The van der Waals surface area contributed by atoms with E-state index < -0.39 is 0 Å². The molecule has 0 saturated carbocycles. The van der Waals surface area contributed by atoms with Gasteiger partial charge in [0.1, 0.15) is 0 Å². The van der Waals surface area contributed by atoms with E-state index in [0.29, 0.717) is 6.61 Å². The predicted octanol–water partition coefficient (Wildman–Crippen LogP) is 1.23. The lowest BCUT2D eigenvalue weighted by Crippen LogP contribution is -2.00. The van der Waals surface area contributed by atoms with Crippen LogP contribution in [0.2, 0.25) is 0 Å². The number of aryl methyl sites for hydroxylation is 1. The summed E-state index contributed by atoms with van der Waals surface area (Å²) >= 11 is 0. The summed E-state index contributed by atoms with van der Waals surface area (Å²) in [5.41, 5.74) is 0.911. The minimum Gasteiger partial charge on any atom is -0.463 e. The van der Waals surface area contributed by atoms with Gasteiger partial charge in [0.15, 0.2) is 0 Å². The Labute approximate surface area is 76.8 Å². The second kappa shape index (κ2) is 4.45. The van der Waals surface area contributed by atoms with Crippen LogP contribution in [0.1, 0.15) is 12.6 Å². The maximum atomic E-state index is 10.9. The lowest BCUT2D eigenvalue weighted by molar-refractivity contribution is -0.137. The number of ether oxygens (including phenoxy) is 1. The van der Waals surface area contributed by atoms with Crippen LogP contribution in [0, 0.1) is 6.92 Å². The SMILES string of the molecule is CCOC(=O)/C=C\n1ccc(C)n1. The molecule has 70 valence electrons. The van der Waals surface area contributed by atoms with E-state index >= 15 is 0 Å². The van der Waals surface area contributed by atoms with Gasteiger partial charge in [-0.15, -0.1) is 0 Å². The number of carbonyl (C=O) groups is 1. The second-order valence-corrected chi connectivity index (χ2v) is 2.50. The maximum Gasteiger partial charge on any atom is 0.332 e. The molecule has 0 N–H and O–H groups in total. The molecule has 1 aromatic heterocycles. The molecule has 13 heavy (non-hydrogen) atoms. The van der Waals surface area contributed by atoms with Crippen LogP contribution in [-0.2, 0) is 9.53 Å². The van der Waals surface area contributed by atoms with Crippen LogP contribution in [0.25, 0.3) is 6.20 Å². The Morgan fingerprint density at radius 2 is 2.54 bits per heavy atom. The van der Waals surface area contributed by atoms with Crippen molar-refractivity contribution < 1.29 is 9.53 Å². The molecule has 0 unspecified atom stereocenters. The molecule has 0 spiro atoms. The molecule has 0 fully saturated rings. The summed E-state index contributed by atoms with van der Waals surface area (Å²) in [6.07, 6.45) is 4.67. The van der Waals surface area contributed by atoms with Gasteiger partial charge < -0.3 is 4.74 Å². The van der Waals surface area contributed by atoms with Crippen LogP contribution in [0.3, 0.4) is 0 Å². The number of nitrogens with zero attached hydrogens (tertiary/aromatic N) is 2. The fraction of sp³-hybridized carbons (Fsp3) is 0.333. The lowest BCUT2D eigenvalue weighted by atomic mass is 10.5. The van der Waals surface area contributed by atoms with Gasteiger partial charge in [-0.05, 0) is 19.9 Å². The fourth-order valence-corrected chi connectivity index (χ4v) is 0.844. The maximum absolute atomic E-state index is 10.9. The number of hydrogen-bond acceptors (Lipinski definition) is 3. The highest BCUT2D eigenvalue weighted by Crippen LogP contribution is 1.93. The zero-order valence-corrected chi connectivity index (χ0v) is 7.73. The summed E-state index contributed by atoms with van der Waals surface area (Å²) in [6.45, 7) is 4.04. The molecule has 0 aromatic carbocycles. The quantitative estimate of drug-likeness (QED) is 0.519. The largest absolute Gasteiger partial charge is 0.463 e. The van der Waals surface area contributed by atoms with Crippen LogP contribution in [0.4, 0.5) is 0 Å². The van der Waals surface area contributed by atoms with E-state index in [1.807, 2.05) is 13.0 Å². The summed E-state index contributed by atoms with van der Waals surface area (Å²) in [7, 11) is 0. The standard InChI is InChI=1S/C9H12N2O2/c1-3-13-9(12)5-7-11-6-4-8(2)10-11/h4-7H,3H2,1-2H3/b7-5-. The zero-order chi connectivity index (χ0) is 9.68. The number of hydrogen-bond donors (Lipinski definition) is 0. The molecule has 4 nitrogen and oxygen atoms in total. The molecule has 0 atom stereocenters. The van der Waals surface area contributed by atoms with Crippen molar-refractivity contribution in [1.82, 2.24) is 9.78 Å². The third kappa shape index (κ3) is 3.11. The van der Waals surface area contributed by atoms with E-state index in [0.717, 1.165) is 5.69 Å². The first-order chi connectivity index (χ1) is 6.22. The number of esters is 1. The molecule has 4 heteroatoms. The van der Waals surface area contributed by atoms with Crippen molar-refractivity contribution in [2.24, 2.45) is 0 Å². The van der Waals surface area contributed by atoms with Gasteiger partial charge in [0.2, 0.25) is 0 Å². The predicted molar refractivity (Wildman–Crippen MR) is 48.9 cm³/mol. The first kappa shape index (κ1) is 9.51. The Hall–Kier alpha value is -1.58. The van der Waals surface area contributed by atoms with Crippen LogP contribution in [0.15, 0.2) is 18.3 Å². The van der Waals surface area contributed by atoms with E-state index in [2.05, 4.69) is 5.10 Å². The van der Waals surface area contributed by atoms with E-state index in [-0.39, 0.29) is 5.97 Å². The smallest absolute Gasteiger partial charge is 0.332 e. The van der Waals surface area contributed by atoms with E-state index in [4.69, 9.17) is 4.74 Å². The highest BCUT2D eigenvalue weighted by Gasteiger charge is 1.93. The Kier molecular flexibility index (Phi) is 3.25. The molecule has 1 heterocycles. The molecule has 0 amide bonds. The van der Waals surface area contributed by atoms with Crippen molar-refractivity contribution in [2.75, 3.05) is 6.61 Å². The summed E-state index contributed by atoms with van der Waals surface area (Å²) in [5.74, 6) is -0.351. The average molecular weight is 180 g/mol. The molecule has 0 aliphatic rings. The van der Waals surface area contributed by atoms with Gasteiger partial charge in [-0.1, -0.05) is 0 Å². The van der Waals surface area contributed by atoms with Crippen LogP contribution < -0.4 is 0 Å². The monoisotopic (exact) mass is 180 g/mol. The van der Waals surface area contributed by atoms with Crippen LogP contribution in [-0.4, -0.2) is 22.4 Å². The Morgan fingerprint density at radius 1 is 1.77 bits per heavy atom. The van der Waals surface area contributed by atoms with Gasteiger partial charge in [0.05, 0.1) is 12.3 Å². The second-order valence-electron chi connectivity index (χ2n) is 2.50. The normalized spacial score (nSPS) is 10.6. The van der Waals surface area contributed by atoms with Gasteiger partial charge in [0, 0.05) is 18.5 Å². The molecule has 0 aliphatic carbocycles. The molecular formula is C9H12N2O2. The summed E-state index contributed by atoms with van der Waals surface area (Å²) in [4.78, 5) is 10.9. The van der Waals surface area contributed by atoms with Gasteiger partial charge >= 0.3 is 5.97 Å². The van der Waals surface area contributed by atoms with Crippen molar-refractivity contribution in [3.63, 3.8) is 0 Å². The molecule has 0 saturated heterocycles. The molecule has 0 bridgehead atoms. The first-order valence-corrected chi connectivity index (χ1v) is 4.09. The molecule has 0 radical (unpaired) electrons. The van der Waals surface area contributed by atoms with Gasteiger partial charge in [0.25, 0.3) is 0 Å². The summed E-state index contributed by atoms with van der Waals surface area (Å²) < 4.78 is 6.27. The third-order valence-electron chi connectivity index (χ3n) is 1.39. The van der Waals surface area contributed by atoms with Crippen molar-refractivity contribution in [1.29, 1.82) is 0 Å². The zero-order valence-electron chi connectivity index (χ0n) is 7.73. The Morgan fingerprint density at radius 3 is 3.08 bits per heavy atom. The van der Waals surface area contributed by atoms with Crippen molar-refractivity contribution >= 4 is 12.2 Å². The number of aromatic nitrogens is 2. The van der Waals surface area contributed by atoms with Crippen molar-refractivity contribution in [2.45, 2.75) is 13.8 Å². The lowest BCUT2D eigenvalue weighted by Gasteiger charge is -1.94. The number of carbonyl (C=O) groups excluding carboxylic acids is 1. The van der Waals surface area contributed by atoms with Gasteiger partial charge in [-0.2, -0.15) is 5.10 Å². The summed E-state index contributed by atoms with van der Waals surface area (Å²) in [5, 5.41) is 4.06. The highest BCUT2D eigenvalue weighted by atomic mass is 16.5. The topological polar surface area (TPSA) is 44.1 Å². The molecule has 1 rings (SSSR count). The average Bonchev–Trinajstić information content (AvgIpc) is 2.49. The van der Waals surface area contributed by atoms with E-state index in [1.54, 1.807) is 24.0 Å². The van der Waals surface area contributed by atoms with Gasteiger partial charge in [-0.25, -0.2) is 9.48 Å². The van der Waals surface area contributed by atoms with Gasteiger partial charge in [-0.3, -0.25) is 0 Å². The van der Waals surface area contributed by atoms with Crippen LogP contribution >= 0.6 is 0 Å².